The van der Waals surface area contributed by atoms with Gasteiger partial charge in [-0.3, -0.25) is 0 Å². The lowest BCUT2D eigenvalue weighted by Crippen LogP contribution is -2.36. The van der Waals surface area contributed by atoms with Gasteiger partial charge in [-0.05, 0) is 24.2 Å². The number of nitrogens with one attached hydrogen (secondary N) is 2. The van der Waals surface area contributed by atoms with Crippen molar-refractivity contribution in [2.45, 2.75) is 20.4 Å². The lowest BCUT2D eigenvalue weighted by atomic mass is 10.2. The van der Waals surface area contributed by atoms with Crippen molar-refractivity contribution in [1.82, 2.24) is 10.6 Å². The topological polar surface area (TPSA) is 33.3 Å². The molecule has 17 heavy (non-hydrogen) atoms. The smallest absolute Gasteiger partial charge is 0.166 e. The monoisotopic (exact) mass is 252 g/mol. The Bertz CT molecular complexity index is 366. The van der Waals surface area contributed by atoms with E-state index in [1.54, 1.807) is 7.11 Å². The molecule has 0 aliphatic carbocycles. The van der Waals surface area contributed by atoms with Gasteiger partial charge < -0.3 is 15.4 Å². The van der Waals surface area contributed by atoms with E-state index < -0.39 is 0 Å². The van der Waals surface area contributed by atoms with Crippen LogP contribution < -0.4 is 15.4 Å². The maximum Gasteiger partial charge on any atom is 0.166 e. The maximum absolute atomic E-state index is 5.27. The van der Waals surface area contributed by atoms with Crippen LogP contribution in [0.25, 0.3) is 0 Å². The van der Waals surface area contributed by atoms with Crippen molar-refractivity contribution in [2.24, 2.45) is 5.92 Å². The Hall–Kier alpha value is -1.29. The van der Waals surface area contributed by atoms with Gasteiger partial charge in [-0.25, -0.2) is 0 Å². The van der Waals surface area contributed by atoms with Gasteiger partial charge >= 0.3 is 0 Å². The van der Waals surface area contributed by atoms with Crippen LogP contribution >= 0.6 is 12.2 Å². The fourth-order valence-corrected chi connectivity index (χ4v) is 1.54. The zero-order chi connectivity index (χ0) is 12.7. The van der Waals surface area contributed by atoms with Crippen LogP contribution in [-0.2, 0) is 6.54 Å². The second-order valence-electron chi connectivity index (χ2n) is 4.27. The Morgan fingerprint density at radius 3 is 2.65 bits per heavy atom. The molecule has 0 heterocycles. The highest BCUT2D eigenvalue weighted by Crippen LogP contribution is 2.16. The highest BCUT2D eigenvalue weighted by atomic mass is 32.1. The third-order valence-electron chi connectivity index (χ3n) is 2.30. The molecule has 94 valence electrons. The molecule has 0 fully saturated rings. The van der Waals surface area contributed by atoms with E-state index in [0.29, 0.717) is 17.6 Å². The van der Waals surface area contributed by atoms with Crippen molar-refractivity contribution in [1.29, 1.82) is 0 Å². The van der Waals surface area contributed by atoms with Crippen LogP contribution in [0.15, 0.2) is 24.3 Å². The second-order valence-corrected chi connectivity index (χ2v) is 4.68. The third kappa shape index (κ3) is 5.04. The molecule has 2 N–H and O–H groups in total. The van der Waals surface area contributed by atoms with Crippen LogP contribution in [-0.4, -0.2) is 18.8 Å². The minimum Gasteiger partial charge on any atom is -0.496 e. The summed E-state index contributed by atoms with van der Waals surface area (Å²) in [5.74, 6) is 1.47. The lowest BCUT2D eigenvalue weighted by Gasteiger charge is -2.13. The van der Waals surface area contributed by atoms with Crippen LogP contribution in [0.5, 0.6) is 5.75 Å². The predicted molar refractivity (Wildman–Crippen MR) is 75.3 cm³/mol. The second kappa shape index (κ2) is 7.12. The Balaban J connectivity index is 2.42. The molecule has 0 saturated carbocycles. The van der Waals surface area contributed by atoms with Crippen LogP contribution in [0.3, 0.4) is 0 Å². The van der Waals surface area contributed by atoms with Crippen LogP contribution in [0.2, 0.25) is 0 Å². The number of hydrogen-bond acceptors (Lipinski definition) is 2. The minimum atomic E-state index is 0.584. The lowest BCUT2D eigenvalue weighted by molar-refractivity contribution is 0.409. The molecule has 0 bridgehead atoms. The molecule has 0 amide bonds. The Labute approximate surface area is 109 Å². The van der Waals surface area contributed by atoms with E-state index in [-0.39, 0.29) is 0 Å². The Morgan fingerprint density at radius 2 is 2.00 bits per heavy atom. The van der Waals surface area contributed by atoms with Gasteiger partial charge in [-0.1, -0.05) is 32.0 Å². The first kappa shape index (κ1) is 13.8. The van der Waals surface area contributed by atoms with E-state index in [2.05, 4.69) is 24.5 Å². The van der Waals surface area contributed by atoms with Crippen molar-refractivity contribution in [2.75, 3.05) is 13.7 Å². The van der Waals surface area contributed by atoms with Gasteiger partial charge in [-0.2, -0.15) is 0 Å². The molecule has 1 rings (SSSR count). The minimum absolute atomic E-state index is 0.584. The van der Waals surface area contributed by atoms with Crippen molar-refractivity contribution in [3.05, 3.63) is 29.8 Å². The summed E-state index contributed by atoms with van der Waals surface area (Å²) in [6.07, 6.45) is 0. The molecule has 0 aliphatic heterocycles. The van der Waals surface area contributed by atoms with Gasteiger partial charge in [0.2, 0.25) is 0 Å². The van der Waals surface area contributed by atoms with E-state index >= 15 is 0 Å². The summed E-state index contributed by atoms with van der Waals surface area (Å²) in [4.78, 5) is 0. The largest absolute Gasteiger partial charge is 0.496 e. The van der Waals surface area contributed by atoms with Crippen molar-refractivity contribution in [3.8, 4) is 5.75 Å². The summed E-state index contributed by atoms with van der Waals surface area (Å²) in [6.45, 7) is 5.86. The highest BCUT2D eigenvalue weighted by Gasteiger charge is 2.02. The first-order chi connectivity index (χ1) is 8.13. The van der Waals surface area contributed by atoms with E-state index in [1.165, 1.54) is 0 Å². The molecular weight excluding hydrogens is 232 g/mol. The summed E-state index contributed by atoms with van der Waals surface area (Å²) < 4.78 is 5.27. The SMILES string of the molecule is COc1ccccc1CNC(=S)NCC(C)C. The average molecular weight is 252 g/mol. The molecule has 3 nitrogen and oxygen atoms in total. The first-order valence-electron chi connectivity index (χ1n) is 5.77. The summed E-state index contributed by atoms with van der Waals surface area (Å²) in [7, 11) is 1.67. The summed E-state index contributed by atoms with van der Waals surface area (Å²) >= 11 is 5.19. The molecule has 4 heteroatoms. The highest BCUT2D eigenvalue weighted by molar-refractivity contribution is 7.80. The molecule has 1 aromatic carbocycles. The standard InChI is InChI=1S/C13H20N2OS/c1-10(2)8-14-13(17)15-9-11-6-4-5-7-12(11)16-3/h4-7,10H,8-9H2,1-3H3,(H2,14,15,17). The number of rotatable bonds is 5. The van der Waals surface area contributed by atoms with Crippen LogP contribution in [0, 0.1) is 5.92 Å². The quantitative estimate of drug-likeness (QED) is 0.788. The van der Waals surface area contributed by atoms with Gasteiger partial charge in [0, 0.05) is 18.7 Å². The molecule has 0 aliphatic rings. The first-order valence-corrected chi connectivity index (χ1v) is 6.18. The van der Waals surface area contributed by atoms with Crippen molar-refractivity contribution < 1.29 is 4.74 Å². The summed E-state index contributed by atoms with van der Waals surface area (Å²) in [5.41, 5.74) is 1.10. The molecule has 0 atom stereocenters. The Kier molecular flexibility index (Phi) is 5.77. The van der Waals surface area contributed by atoms with Crippen molar-refractivity contribution >= 4 is 17.3 Å². The zero-order valence-corrected chi connectivity index (χ0v) is 11.4. The van der Waals surface area contributed by atoms with Gasteiger partial charge in [0.1, 0.15) is 5.75 Å². The fourth-order valence-electron chi connectivity index (χ4n) is 1.38. The normalized spacial score (nSPS) is 10.1. The molecule has 0 unspecified atom stereocenters. The van der Waals surface area contributed by atoms with Gasteiger partial charge in [0.25, 0.3) is 0 Å². The van der Waals surface area contributed by atoms with Gasteiger partial charge in [0.15, 0.2) is 5.11 Å². The van der Waals surface area contributed by atoms with Gasteiger partial charge in [0.05, 0.1) is 7.11 Å². The molecule has 0 aromatic heterocycles. The average Bonchev–Trinajstić information content (AvgIpc) is 2.34. The third-order valence-corrected chi connectivity index (χ3v) is 2.59. The van der Waals surface area contributed by atoms with Crippen LogP contribution in [0.4, 0.5) is 0 Å². The zero-order valence-electron chi connectivity index (χ0n) is 10.6. The molecule has 0 saturated heterocycles. The van der Waals surface area contributed by atoms with E-state index in [1.807, 2.05) is 24.3 Å². The predicted octanol–water partition coefficient (Wildman–Crippen LogP) is 2.32. The number of hydrogen-bond donors (Lipinski definition) is 2. The Morgan fingerprint density at radius 1 is 1.29 bits per heavy atom. The van der Waals surface area contributed by atoms with E-state index in [0.717, 1.165) is 17.9 Å². The van der Waals surface area contributed by atoms with Gasteiger partial charge in [-0.15, -0.1) is 0 Å². The number of ether oxygens (including phenoxy) is 1. The number of methoxy groups -OCH3 is 1. The number of benzene rings is 1. The maximum atomic E-state index is 5.27. The number of thiocarbonyl (C=S) groups is 1. The number of para-hydroxylation sites is 1. The molecule has 0 radical (unpaired) electrons. The van der Waals surface area contributed by atoms with Crippen LogP contribution in [0.1, 0.15) is 19.4 Å². The van der Waals surface area contributed by atoms with E-state index in [4.69, 9.17) is 17.0 Å². The van der Waals surface area contributed by atoms with Crippen molar-refractivity contribution in [3.63, 3.8) is 0 Å². The van der Waals surface area contributed by atoms with E-state index in [9.17, 15) is 0 Å². The molecule has 1 aromatic rings. The fraction of sp³-hybridized carbons (Fsp3) is 0.462. The summed E-state index contributed by atoms with van der Waals surface area (Å²) in [5, 5.41) is 7.02. The summed E-state index contributed by atoms with van der Waals surface area (Å²) in [6, 6.07) is 7.92. The molecular formula is C13H20N2OS. The molecule has 0 spiro atoms.